The smallest absolute Gasteiger partial charge is 0.294 e. The average molecular weight is 458 g/mol. The summed E-state index contributed by atoms with van der Waals surface area (Å²) in [5.74, 6) is -0.579. The Morgan fingerprint density at radius 2 is 2.21 bits per heavy atom. The number of anilines is 1. The number of nitrogens with one attached hydrogen (secondary N) is 3. The topological polar surface area (TPSA) is 143 Å². The van der Waals surface area contributed by atoms with E-state index in [1.165, 1.54) is 30.2 Å². The van der Waals surface area contributed by atoms with Gasteiger partial charge >= 0.3 is 0 Å². The van der Waals surface area contributed by atoms with Gasteiger partial charge in [0.2, 0.25) is 12.3 Å². The van der Waals surface area contributed by atoms with Gasteiger partial charge in [0.15, 0.2) is 5.82 Å². The number of carbonyl (C=O) groups excluding carboxylic acids is 1. The molecule has 0 atom stereocenters. The van der Waals surface area contributed by atoms with Crippen LogP contribution in [0.2, 0.25) is 0 Å². The number of fused-ring (bicyclic) bond motifs is 1. The fourth-order valence-electron chi connectivity index (χ4n) is 3.15. The highest BCUT2D eigenvalue weighted by Crippen LogP contribution is 2.14. The van der Waals surface area contributed by atoms with Crippen LogP contribution in [-0.4, -0.2) is 51.7 Å². The molecule has 12 heteroatoms. The van der Waals surface area contributed by atoms with Crippen LogP contribution in [0.25, 0.3) is 16.5 Å². The monoisotopic (exact) mass is 458 g/mol. The maximum Gasteiger partial charge on any atom is 0.294 e. The minimum absolute atomic E-state index is 0.139. The third kappa shape index (κ3) is 5.99. The van der Waals surface area contributed by atoms with Crippen molar-refractivity contribution in [1.29, 1.82) is 0 Å². The maximum absolute atomic E-state index is 13.0. The fourth-order valence-corrected chi connectivity index (χ4v) is 3.15. The molecule has 3 rings (SSSR count). The highest BCUT2D eigenvalue weighted by atomic mass is 19.3. The standard InChI is InChI=1S/C21H24F2N8O2/c1-25-8-14(7-24)17-11-29-20(27-5-3-18(22)23)21(33)31(17)12-19(32)28-10-15-6-13-9-26-4-2-16(13)30-15/h2,4,6-9,11,18,30H,3,5,10,12,24H2,1H3,(H,27,29)(H,28,32)/b14-7+,25-8?. The third-order valence-electron chi connectivity index (χ3n) is 4.71. The van der Waals surface area contributed by atoms with E-state index in [9.17, 15) is 18.4 Å². The molecule has 0 aliphatic heterocycles. The summed E-state index contributed by atoms with van der Waals surface area (Å²) in [5, 5.41) is 6.26. The molecule has 0 saturated heterocycles. The van der Waals surface area contributed by atoms with Crippen molar-refractivity contribution in [2.24, 2.45) is 10.7 Å². The summed E-state index contributed by atoms with van der Waals surface area (Å²) in [4.78, 5) is 40.8. The number of allylic oxidation sites excluding steroid dienone is 1. The second-order valence-electron chi connectivity index (χ2n) is 7.03. The molecule has 10 nitrogen and oxygen atoms in total. The Morgan fingerprint density at radius 3 is 2.91 bits per heavy atom. The Hall–Kier alpha value is -4.09. The number of rotatable bonds is 10. The van der Waals surface area contributed by atoms with Gasteiger partial charge in [0.05, 0.1) is 18.4 Å². The van der Waals surface area contributed by atoms with Gasteiger partial charge in [-0.05, 0) is 12.1 Å². The Balaban J connectivity index is 1.81. The summed E-state index contributed by atoms with van der Waals surface area (Å²) in [6.45, 7) is -0.272. The molecule has 3 aromatic rings. The fraction of sp³-hybridized carbons (Fsp3) is 0.286. The van der Waals surface area contributed by atoms with Crippen LogP contribution in [0.4, 0.5) is 14.6 Å². The van der Waals surface area contributed by atoms with Crippen LogP contribution >= 0.6 is 0 Å². The van der Waals surface area contributed by atoms with Crippen molar-refractivity contribution in [2.75, 3.05) is 18.9 Å². The predicted molar refractivity (Wildman–Crippen MR) is 122 cm³/mol. The number of alkyl halides is 2. The Morgan fingerprint density at radius 1 is 1.39 bits per heavy atom. The highest BCUT2D eigenvalue weighted by Gasteiger charge is 2.16. The Labute approximate surface area is 187 Å². The molecule has 174 valence electrons. The molecule has 0 saturated carbocycles. The number of carbonyl (C=O) groups is 1. The van der Waals surface area contributed by atoms with Crippen LogP contribution in [0.5, 0.6) is 0 Å². The number of hydrogen-bond acceptors (Lipinski definition) is 7. The minimum atomic E-state index is -2.52. The molecule has 0 unspecified atom stereocenters. The summed E-state index contributed by atoms with van der Waals surface area (Å²) in [6.07, 6.45) is 4.40. The Bertz CT molecular complexity index is 1200. The maximum atomic E-state index is 13.0. The number of amides is 1. The molecule has 3 aromatic heterocycles. The molecule has 5 N–H and O–H groups in total. The van der Waals surface area contributed by atoms with Crippen LogP contribution in [-0.2, 0) is 17.9 Å². The number of hydrogen-bond donors (Lipinski definition) is 4. The van der Waals surface area contributed by atoms with Gasteiger partial charge in [0.25, 0.3) is 5.56 Å². The lowest BCUT2D eigenvalue weighted by Gasteiger charge is -2.15. The average Bonchev–Trinajstić information content (AvgIpc) is 3.22. The zero-order chi connectivity index (χ0) is 23.8. The van der Waals surface area contributed by atoms with E-state index in [0.29, 0.717) is 5.57 Å². The van der Waals surface area contributed by atoms with E-state index in [4.69, 9.17) is 5.73 Å². The molecule has 3 heterocycles. The molecular formula is C21H24F2N8O2. The van der Waals surface area contributed by atoms with Gasteiger partial charge in [-0.25, -0.2) is 13.8 Å². The molecule has 0 aliphatic rings. The van der Waals surface area contributed by atoms with Crippen LogP contribution in [0.3, 0.4) is 0 Å². The van der Waals surface area contributed by atoms with E-state index >= 15 is 0 Å². The van der Waals surface area contributed by atoms with E-state index in [2.05, 4.69) is 30.6 Å². The summed E-state index contributed by atoms with van der Waals surface area (Å²) >= 11 is 0. The second kappa shape index (κ2) is 11.0. The molecular weight excluding hydrogens is 434 g/mol. The van der Waals surface area contributed by atoms with E-state index in [1.54, 1.807) is 12.4 Å². The van der Waals surface area contributed by atoms with Gasteiger partial charge in [0.1, 0.15) is 6.54 Å². The largest absolute Gasteiger partial charge is 0.404 e. The summed E-state index contributed by atoms with van der Waals surface area (Å²) in [6, 6.07) is 3.69. The van der Waals surface area contributed by atoms with Crippen LogP contribution in [0, 0.1) is 0 Å². The number of nitrogens with zero attached hydrogens (tertiary/aromatic N) is 4. The van der Waals surface area contributed by atoms with Gasteiger partial charge in [-0.3, -0.25) is 24.1 Å². The lowest BCUT2D eigenvalue weighted by Crippen LogP contribution is -2.35. The normalized spacial score (nSPS) is 12.1. The molecule has 0 bridgehead atoms. The van der Waals surface area contributed by atoms with Crippen LogP contribution < -0.4 is 21.9 Å². The first kappa shape index (κ1) is 23.6. The van der Waals surface area contributed by atoms with E-state index < -0.39 is 24.3 Å². The number of aliphatic imine (C=N–C) groups is 1. The lowest BCUT2D eigenvalue weighted by atomic mass is 10.2. The van der Waals surface area contributed by atoms with Crippen molar-refractivity contribution in [2.45, 2.75) is 25.9 Å². The number of aromatic nitrogens is 4. The molecule has 33 heavy (non-hydrogen) atoms. The van der Waals surface area contributed by atoms with E-state index in [1.807, 2.05) is 12.1 Å². The quantitative estimate of drug-likeness (QED) is 0.339. The first-order chi connectivity index (χ1) is 15.9. The summed E-state index contributed by atoms with van der Waals surface area (Å²) in [7, 11) is 1.53. The molecule has 0 fully saturated rings. The van der Waals surface area contributed by atoms with E-state index in [-0.39, 0.29) is 31.1 Å². The van der Waals surface area contributed by atoms with Gasteiger partial charge in [-0.1, -0.05) is 0 Å². The number of nitrogens with two attached hydrogens (primary N) is 1. The Kier molecular flexibility index (Phi) is 7.84. The van der Waals surface area contributed by atoms with Crippen molar-refractivity contribution in [3.8, 4) is 0 Å². The van der Waals surface area contributed by atoms with Crippen LogP contribution in [0.1, 0.15) is 17.8 Å². The molecule has 0 radical (unpaired) electrons. The third-order valence-corrected chi connectivity index (χ3v) is 4.71. The summed E-state index contributed by atoms with van der Waals surface area (Å²) < 4.78 is 26.1. The zero-order valence-electron chi connectivity index (χ0n) is 17.9. The number of pyridine rings is 1. The van der Waals surface area contributed by atoms with Crippen molar-refractivity contribution in [3.63, 3.8) is 0 Å². The van der Waals surface area contributed by atoms with E-state index in [0.717, 1.165) is 16.6 Å². The van der Waals surface area contributed by atoms with Gasteiger partial charge < -0.3 is 21.4 Å². The first-order valence-corrected chi connectivity index (χ1v) is 10.1. The second-order valence-corrected chi connectivity index (χ2v) is 7.03. The van der Waals surface area contributed by atoms with Crippen LogP contribution in [0.15, 0.2) is 46.7 Å². The summed E-state index contributed by atoms with van der Waals surface area (Å²) in [5.41, 5.74) is 7.31. The lowest BCUT2D eigenvalue weighted by molar-refractivity contribution is -0.121. The van der Waals surface area contributed by atoms with Gasteiger partial charge in [0, 0.05) is 67.0 Å². The van der Waals surface area contributed by atoms with Crippen molar-refractivity contribution in [3.05, 3.63) is 58.7 Å². The first-order valence-electron chi connectivity index (χ1n) is 10.1. The molecule has 0 spiro atoms. The SMILES string of the molecule is CN=C/C(=C\N)c1cnc(NCCC(F)F)c(=O)n1CC(=O)NCc1cc2cnccc2[nH]1. The van der Waals surface area contributed by atoms with Crippen molar-refractivity contribution >= 4 is 34.4 Å². The molecule has 0 aromatic carbocycles. The van der Waals surface area contributed by atoms with Crippen molar-refractivity contribution < 1.29 is 13.6 Å². The van der Waals surface area contributed by atoms with Gasteiger partial charge in [-0.15, -0.1) is 0 Å². The molecule has 1 amide bonds. The van der Waals surface area contributed by atoms with Gasteiger partial charge in [-0.2, -0.15) is 0 Å². The minimum Gasteiger partial charge on any atom is -0.404 e. The highest BCUT2D eigenvalue weighted by molar-refractivity contribution is 6.08. The molecule has 0 aliphatic carbocycles. The zero-order valence-corrected chi connectivity index (χ0v) is 17.9. The number of aromatic amines is 1. The predicted octanol–water partition coefficient (Wildman–Crippen LogP) is 1.50. The number of halogens is 2. The van der Waals surface area contributed by atoms with Crippen molar-refractivity contribution in [1.82, 2.24) is 24.8 Å². The number of H-pyrrole nitrogens is 1.